The highest BCUT2D eigenvalue weighted by Crippen LogP contribution is 2.22. The Morgan fingerprint density at radius 1 is 0.923 bits per heavy atom. The van der Waals surface area contributed by atoms with Crippen molar-refractivity contribution in [3.63, 3.8) is 0 Å². The molecule has 0 saturated heterocycles. The molecule has 0 aliphatic rings. The van der Waals surface area contributed by atoms with Gasteiger partial charge in [0.2, 0.25) is 5.91 Å². The molecule has 0 aliphatic heterocycles. The van der Waals surface area contributed by atoms with E-state index in [0.29, 0.717) is 16.8 Å². The number of nitrogens with two attached hydrogens (primary N) is 1. The lowest BCUT2D eigenvalue weighted by atomic mass is 9.87. The third-order valence-electron chi connectivity index (χ3n) is 3.82. The van der Waals surface area contributed by atoms with Crippen LogP contribution < -0.4 is 15.4 Å². The number of amides is 4. The van der Waals surface area contributed by atoms with Crippen molar-refractivity contribution in [3.8, 4) is 0 Å². The first-order chi connectivity index (χ1) is 12.1. The minimum Gasteiger partial charge on any atom is -0.366 e. The van der Waals surface area contributed by atoms with E-state index >= 15 is 0 Å². The van der Waals surface area contributed by atoms with Crippen LogP contribution in [0.3, 0.4) is 0 Å². The number of carbonyl (C=O) groups is 3. The second-order valence-electron chi connectivity index (χ2n) is 6.81. The minimum absolute atomic E-state index is 0.0240. The average Bonchev–Trinajstić information content (AvgIpc) is 2.60. The second kappa shape index (κ2) is 7.61. The van der Waals surface area contributed by atoms with Gasteiger partial charge in [-0.3, -0.25) is 14.9 Å². The maximum absolute atomic E-state index is 12.2. The fourth-order valence-electron chi connectivity index (χ4n) is 2.23. The average molecular weight is 371 g/mol. The second-order valence-corrected chi connectivity index (χ2v) is 7.21. The zero-order chi connectivity index (χ0) is 19.5. The fraction of sp³-hybridized carbons (Fsp3) is 0.211. The zero-order valence-corrected chi connectivity index (χ0v) is 15.7. The molecular formula is C19H21N3O3S. The number of nitrogens with zero attached hydrogens (tertiary/aromatic N) is 1. The summed E-state index contributed by atoms with van der Waals surface area (Å²) in [6.45, 7) is 6.23. The highest BCUT2D eigenvalue weighted by Gasteiger charge is 2.18. The maximum atomic E-state index is 12.2. The molecule has 0 bridgehead atoms. The Labute approximate surface area is 157 Å². The lowest BCUT2D eigenvalue weighted by molar-refractivity contribution is 0.0964. The van der Waals surface area contributed by atoms with Crippen LogP contribution in [0.2, 0.25) is 0 Å². The van der Waals surface area contributed by atoms with Gasteiger partial charge in [-0.05, 0) is 47.4 Å². The Kier molecular flexibility index (Phi) is 5.72. The number of anilines is 1. The highest BCUT2D eigenvalue weighted by molar-refractivity contribution is 7.82. The predicted molar refractivity (Wildman–Crippen MR) is 104 cm³/mol. The Balaban J connectivity index is 2.06. The van der Waals surface area contributed by atoms with Gasteiger partial charge in [-0.1, -0.05) is 45.7 Å². The molecule has 0 saturated carbocycles. The molecule has 2 aromatic carbocycles. The molecule has 26 heavy (non-hydrogen) atoms. The van der Waals surface area contributed by atoms with Gasteiger partial charge >= 0.3 is 6.03 Å². The normalized spacial score (nSPS) is 10.9. The number of urea groups is 1. The summed E-state index contributed by atoms with van der Waals surface area (Å²) >= 11 is 4.09. The van der Waals surface area contributed by atoms with Gasteiger partial charge in [0.25, 0.3) is 5.91 Å². The van der Waals surface area contributed by atoms with Gasteiger partial charge < -0.3 is 5.73 Å². The fourth-order valence-corrected chi connectivity index (χ4v) is 2.41. The van der Waals surface area contributed by atoms with Crippen molar-refractivity contribution in [3.05, 3.63) is 65.2 Å². The SMILES string of the molecule is CC(C)(C)c1ccc(C(=O)NC(=O)N(S)c2ccc(C(N)=O)cc2)cc1. The van der Waals surface area contributed by atoms with Crippen molar-refractivity contribution in [2.45, 2.75) is 26.2 Å². The molecule has 4 amide bonds. The van der Waals surface area contributed by atoms with E-state index in [1.807, 2.05) is 12.1 Å². The summed E-state index contributed by atoms with van der Waals surface area (Å²) in [6.07, 6.45) is 0. The number of carbonyl (C=O) groups excluding carboxylic acids is 3. The largest absolute Gasteiger partial charge is 0.366 e. The molecule has 0 radical (unpaired) electrons. The third-order valence-corrected chi connectivity index (χ3v) is 4.23. The number of nitrogens with one attached hydrogen (secondary N) is 1. The summed E-state index contributed by atoms with van der Waals surface area (Å²) in [5.41, 5.74) is 7.31. The molecule has 0 aromatic heterocycles. The van der Waals surface area contributed by atoms with E-state index in [1.165, 1.54) is 24.3 Å². The van der Waals surface area contributed by atoms with Crippen LogP contribution in [0, 0.1) is 0 Å². The zero-order valence-electron chi connectivity index (χ0n) is 14.8. The maximum Gasteiger partial charge on any atom is 0.338 e. The number of hydrogen-bond acceptors (Lipinski definition) is 4. The first-order valence-corrected chi connectivity index (χ1v) is 8.34. The van der Waals surface area contributed by atoms with Crippen LogP contribution in [-0.2, 0) is 5.41 Å². The molecule has 0 fully saturated rings. The van der Waals surface area contributed by atoms with E-state index in [0.717, 1.165) is 9.87 Å². The molecule has 0 aliphatic carbocycles. The highest BCUT2D eigenvalue weighted by atomic mass is 32.1. The molecule has 3 N–H and O–H groups in total. The van der Waals surface area contributed by atoms with Crippen molar-refractivity contribution in [1.82, 2.24) is 5.32 Å². The van der Waals surface area contributed by atoms with Crippen LogP contribution in [-0.4, -0.2) is 17.8 Å². The van der Waals surface area contributed by atoms with Crippen molar-refractivity contribution < 1.29 is 14.4 Å². The molecule has 136 valence electrons. The lowest BCUT2D eigenvalue weighted by Crippen LogP contribution is -2.38. The first kappa shape index (κ1) is 19.5. The molecule has 0 heterocycles. The van der Waals surface area contributed by atoms with Gasteiger partial charge in [0.05, 0.1) is 5.69 Å². The molecule has 0 atom stereocenters. The summed E-state index contributed by atoms with van der Waals surface area (Å²) in [4.78, 5) is 35.5. The van der Waals surface area contributed by atoms with E-state index in [2.05, 4.69) is 38.9 Å². The Hall–Kier alpha value is -2.80. The summed E-state index contributed by atoms with van der Waals surface area (Å²) in [5.74, 6) is -1.09. The number of benzene rings is 2. The van der Waals surface area contributed by atoms with E-state index in [4.69, 9.17) is 5.73 Å². The topological polar surface area (TPSA) is 92.5 Å². The van der Waals surface area contributed by atoms with Crippen LogP contribution in [0.5, 0.6) is 0 Å². The molecule has 6 nitrogen and oxygen atoms in total. The third kappa shape index (κ3) is 4.64. The molecular weight excluding hydrogens is 350 g/mol. The number of imide groups is 1. The van der Waals surface area contributed by atoms with Crippen LogP contribution in [0.15, 0.2) is 48.5 Å². The number of hydrogen-bond donors (Lipinski definition) is 3. The smallest absolute Gasteiger partial charge is 0.338 e. The van der Waals surface area contributed by atoms with Crippen molar-refractivity contribution in [1.29, 1.82) is 0 Å². The van der Waals surface area contributed by atoms with Gasteiger partial charge in [-0.2, -0.15) is 0 Å². The Morgan fingerprint density at radius 2 is 1.42 bits per heavy atom. The van der Waals surface area contributed by atoms with Gasteiger partial charge in [-0.15, -0.1) is 0 Å². The van der Waals surface area contributed by atoms with E-state index < -0.39 is 17.8 Å². The van der Waals surface area contributed by atoms with E-state index in [9.17, 15) is 14.4 Å². The van der Waals surface area contributed by atoms with Crippen molar-refractivity contribution in [2.75, 3.05) is 4.31 Å². The van der Waals surface area contributed by atoms with Crippen LogP contribution in [0.25, 0.3) is 0 Å². The van der Waals surface area contributed by atoms with Crippen LogP contribution >= 0.6 is 12.8 Å². The number of rotatable bonds is 3. The summed E-state index contributed by atoms with van der Waals surface area (Å²) in [5, 5.41) is 2.27. The first-order valence-electron chi connectivity index (χ1n) is 7.94. The monoisotopic (exact) mass is 371 g/mol. The van der Waals surface area contributed by atoms with E-state index in [1.54, 1.807) is 12.1 Å². The van der Waals surface area contributed by atoms with Crippen molar-refractivity contribution >= 4 is 36.3 Å². The molecule has 2 aromatic rings. The Bertz CT molecular complexity index is 825. The number of primary amides is 1. The summed E-state index contributed by atoms with van der Waals surface area (Å²) in [6, 6.07) is 12.3. The molecule has 7 heteroatoms. The predicted octanol–water partition coefficient (Wildman–Crippen LogP) is 3.28. The number of thiol groups is 1. The lowest BCUT2D eigenvalue weighted by Gasteiger charge is -2.19. The van der Waals surface area contributed by atoms with Gasteiger partial charge in [-0.25, -0.2) is 9.10 Å². The van der Waals surface area contributed by atoms with Crippen molar-refractivity contribution in [2.24, 2.45) is 5.73 Å². The molecule has 0 unspecified atom stereocenters. The standard InChI is InChI=1S/C19H21N3O3S/c1-19(2,3)14-8-4-13(5-9-14)17(24)21-18(25)22(26)15-10-6-12(7-11-15)16(20)23/h4-11,26H,1-3H3,(H2,20,23)(H,21,24,25). The quantitative estimate of drug-likeness (QED) is 0.723. The van der Waals surface area contributed by atoms with Gasteiger partial charge in [0.15, 0.2) is 0 Å². The van der Waals surface area contributed by atoms with Gasteiger partial charge in [0.1, 0.15) is 0 Å². The van der Waals surface area contributed by atoms with E-state index in [-0.39, 0.29) is 5.41 Å². The molecule has 2 rings (SSSR count). The molecule has 0 spiro atoms. The van der Waals surface area contributed by atoms with Crippen LogP contribution in [0.1, 0.15) is 47.1 Å². The van der Waals surface area contributed by atoms with Crippen LogP contribution in [0.4, 0.5) is 10.5 Å². The summed E-state index contributed by atoms with van der Waals surface area (Å²) in [7, 11) is 0. The summed E-state index contributed by atoms with van der Waals surface area (Å²) < 4.78 is 0.978. The Morgan fingerprint density at radius 3 is 1.88 bits per heavy atom. The van der Waals surface area contributed by atoms with Gasteiger partial charge in [0, 0.05) is 11.1 Å². The minimum atomic E-state index is -0.704.